The molecule has 1 N–H and O–H groups in total. The fourth-order valence-electron chi connectivity index (χ4n) is 2.76. The molecule has 0 atom stereocenters. The summed E-state index contributed by atoms with van der Waals surface area (Å²) in [5.74, 6) is -2.08. The Morgan fingerprint density at radius 3 is 2.38 bits per heavy atom. The van der Waals surface area contributed by atoms with Crippen molar-refractivity contribution in [2.75, 3.05) is 33.0 Å². The normalized spacial score (nSPS) is 17.0. The molecule has 2 rings (SSSR count). The maximum absolute atomic E-state index is 13.8. The van der Waals surface area contributed by atoms with Crippen LogP contribution in [0.3, 0.4) is 0 Å². The second-order valence-electron chi connectivity index (χ2n) is 5.88. The van der Waals surface area contributed by atoms with Crippen LogP contribution in [0.5, 0.6) is 5.75 Å². The number of rotatable bonds is 6. The number of nitrogens with zero attached hydrogens (tertiary/aromatic N) is 1. The first kappa shape index (κ1) is 20.6. The van der Waals surface area contributed by atoms with Crippen molar-refractivity contribution in [1.29, 1.82) is 0 Å². The topological polar surface area (TPSA) is 110 Å². The average molecular weight is 408 g/mol. The molecule has 8 nitrogen and oxygen atoms in total. The van der Waals surface area contributed by atoms with Gasteiger partial charge in [-0.25, -0.2) is 21.2 Å². The van der Waals surface area contributed by atoms with Crippen molar-refractivity contribution in [2.24, 2.45) is 0 Å². The summed E-state index contributed by atoms with van der Waals surface area (Å²) >= 11 is 0. The standard InChI is InChI=1S/C15H21FN2O6S2/c1-17-15(19)10-25(20,21)11-5-7-18(8-6-11)26(22,23)12-3-4-14(24-2)13(16)9-12/h3-4,9,11H,5-8,10H2,1-2H3,(H,17,19). The number of carbonyl (C=O) groups excluding carboxylic acids is 1. The number of carbonyl (C=O) groups is 1. The van der Waals surface area contributed by atoms with Crippen LogP contribution in [0.25, 0.3) is 0 Å². The molecule has 1 aromatic rings. The minimum atomic E-state index is -3.94. The predicted octanol–water partition coefficient (Wildman–Crippen LogP) is 0.148. The smallest absolute Gasteiger partial charge is 0.243 e. The number of nitrogens with one attached hydrogen (secondary N) is 1. The van der Waals surface area contributed by atoms with Gasteiger partial charge in [0.1, 0.15) is 5.75 Å². The van der Waals surface area contributed by atoms with Crippen LogP contribution in [0.15, 0.2) is 23.1 Å². The largest absolute Gasteiger partial charge is 0.494 e. The third-order valence-corrected chi connectivity index (χ3v) is 8.33. The maximum Gasteiger partial charge on any atom is 0.243 e. The highest BCUT2D eigenvalue weighted by molar-refractivity contribution is 7.92. The van der Waals surface area contributed by atoms with Gasteiger partial charge in [-0.2, -0.15) is 4.31 Å². The van der Waals surface area contributed by atoms with E-state index in [2.05, 4.69) is 5.32 Å². The van der Waals surface area contributed by atoms with Crippen LogP contribution in [0, 0.1) is 5.82 Å². The van der Waals surface area contributed by atoms with Crippen LogP contribution in [0.4, 0.5) is 4.39 Å². The van der Waals surface area contributed by atoms with Gasteiger partial charge in [-0.05, 0) is 31.0 Å². The highest BCUT2D eigenvalue weighted by atomic mass is 32.2. The zero-order valence-electron chi connectivity index (χ0n) is 14.4. The van der Waals surface area contributed by atoms with Crippen LogP contribution in [-0.4, -0.2) is 65.3 Å². The third kappa shape index (κ3) is 4.33. The summed E-state index contributed by atoms with van der Waals surface area (Å²) in [5.41, 5.74) is 0. The molecular formula is C15H21FN2O6S2. The van der Waals surface area contributed by atoms with E-state index in [0.29, 0.717) is 0 Å². The molecule has 0 radical (unpaired) electrons. The zero-order valence-corrected chi connectivity index (χ0v) is 16.1. The number of sulfonamides is 1. The van der Waals surface area contributed by atoms with E-state index in [1.54, 1.807) is 0 Å². The van der Waals surface area contributed by atoms with Crippen LogP contribution in [0.1, 0.15) is 12.8 Å². The van der Waals surface area contributed by atoms with Crippen molar-refractivity contribution in [2.45, 2.75) is 23.0 Å². The number of methoxy groups -OCH3 is 1. The first-order chi connectivity index (χ1) is 12.1. The Bertz CT molecular complexity index is 877. The molecule has 0 bridgehead atoms. The van der Waals surface area contributed by atoms with E-state index >= 15 is 0 Å². The fraction of sp³-hybridized carbons (Fsp3) is 0.533. The molecule has 0 spiro atoms. The van der Waals surface area contributed by atoms with E-state index in [0.717, 1.165) is 10.4 Å². The molecule has 1 amide bonds. The van der Waals surface area contributed by atoms with Gasteiger partial charge >= 0.3 is 0 Å². The molecular weight excluding hydrogens is 387 g/mol. The number of halogens is 1. The Hall–Kier alpha value is -1.72. The Labute approximate surface area is 152 Å². The second-order valence-corrected chi connectivity index (χ2v) is 10.1. The van der Waals surface area contributed by atoms with E-state index < -0.39 is 42.6 Å². The molecule has 0 aromatic heterocycles. The SMILES string of the molecule is CNC(=O)CS(=O)(=O)C1CCN(S(=O)(=O)c2ccc(OC)c(F)c2)CC1. The summed E-state index contributed by atoms with van der Waals surface area (Å²) < 4.78 is 69.3. The number of sulfone groups is 1. The molecule has 0 unspecified atom stereocenters. The Morgan fingerprint density at radius 2 is 1.88 bits per heavy atom. The minimum Gasteiger partial charge on any atom is -0.494 e. The second kappa shape index (κ2) is 7.89. The van der Waals surface area contributed by atoms with E-state index in [1.165, 1.54) is 26.3 Å². The predicted molar refractivity (Wildman–Crippen MR) is 92.6 cm³/mol. The molecule has 146 valence electrons. The summed E-state index contributed by atoms with van der Waals surface area (Å²) in [5, 5.41) is 1.48. The molecule has 1 aromatic carbocycles. The van der Waals surface area contributed by atoms with Gasteiger partial charge in [-0.15, -0.1) is 0 Å². The van der Waals surface area contributed by atoms with Crippen molar-refractivity contribution in [3.63, 3.8) is 0 Å². The van der Waals surface area contributed by atoms with Gasteiger partial charge in [0.2, 0.25) is 15.9 Å². The Kier molecular flexibility index (Phi) is 6.25. The number of ether oxygens (including phenoxy) is 1. The van der Waals surface area contributed by atoms with Gasteiger partial charge in [0.15, 0.2) is 21.4 Å². The lowest BCUT2D eigenvalue weighted by Gasteiger charge is -2.30. The molecule has 0 saturated carbocycles. The van der Waals surface area contributed by atoms with Crippen molar-refractivity contribution < 1.29 is 30.8 Å². The number of piperidine rings is 1. The van der Waals surface area contributed by atoms with E-state index in [-0.39, 0.29) is 36.6 Å². The number of hydrogen-bond acceptors (Lipinski definition) is 6. The number of benzene rings is 1. The van der Waals surface area contributed by atoms with Crippen molar-refractivity contribution >= 4 is 25.8 Å². The highest BCUT2D eigenvalue weighted by Gasteiger charge is 2.36. The average Bonchev–Trinajstić information content (AvgIpc) is 2.61. The van der Waals surface area contributed by atoms with Gasteiger partial charge in [-0.1, -0.05) is 0 Å². The molecule has 1 heterocycles. The fourth-order valence-corrected chi connectivity index (χ4v) is 5.92. The minimum absolute atomic E-state index is 0.0202. The van der Waals surface area contributed by atoms with E-state index in [1.807, 2.05) is 0 Å². The summed E-state index contributed by atoms with van der Waals surface area (Å²) in [6.07, 6.45) is 0.161. The Balaban J connectivity index is 2.11. The lowest BCUT2D eigenvalue weighted by molar-refractivity contribution is -0.118. The zero-order chi connectivity index (χ0) is 19.5. The first-order valence-corrected chi connectivity index (χ1v) is 11.0. The van der Waals surface area contributed by atoms with Gasteiger partial charge in [-0.3, -0.25) is 4.79 Å². The van der Waals surface area contributed by atoms with Crippen LogP contribution < -0.4 is 10.1 Å². The maximum atomic E-state index is 13.8. The van der Waals surface area contributed by atoms with E-state index in [9.17, 15) is 26.0 Å². The number of amides is 1. The third-order valence-electron chi connectivity index (χ3n) is 4.28. The monoisotopic (exact) mass is 408 g/mol. The lowest BCUT2D eigenvalue weighted by Crippen LogP contribution is -2.44. The summed E-state index contributed by atoms with van der Waals surface area (Å²) in [7, 11) is -4.97. The van der Waals surface area contributed by atoms with Gasteiger partial charge < -0.3 is 10.1 Å². The van der Waals surface area contributed by atoms with Crippen LogP contribution in [-0.2, 0) is 24.7 Å². The number of hydrogen-bond donors (Lipinski definition) is 1. The van der Waals surface area contributed by atoms with Crippen LogP contribution >= 0.6 is 0 Å². The molecule has 1 aliphatic heterocycles. The Morgan fingerprint density at radius 1 is 1.27 bits per heavy atom. The molecule has 0 aliphatic carbocycles. The quantitative estimate of drug-likeness (QED) is 0.717. The summed E-state index contributed by atoms with van der Waals surface area (Å²) in [6.45, 7) is -0.0404. The molecule has 1 fully saturated rings. The van der Waals surface area contributed by atoms with Gasteiger partial charge in [0.25, 0.3) is 0 Å². The van der Waals surface area contributed by atoms with Crippen molar-refractivity contribution in [3.8, 4) is 5.75 Å². The molecule has 1 aliphatic rings. The van der Waals surface area contributed by atoms with Crippen molar-refractivity contribution in [1.82, 2.24) is 9.62 Å². The summed E-state index contributed by atoms with van der Waals surface area (Å²) in [4.78, 5) is 11.1. The van der Waals surface area contributed by atoms with Crippen molar-refractivity contribution in [3.05, 3.63) is 24.0 Å². The molecule has 1 saturated heterocycles. The molecule has 11 heteroatoms. The molecule has 26 heavy (non-hydrogen) atoms. The highest BCUT2D eigenvalue weighted by Crippen LogP contribution is 2.27. The first-order valence-electron chi connectivity index (χ1n) is 7.87. The van der Waals surface area contributed by atoms with E-state index in [4.69, 9.17) is 4.74 Å². The van der Waals surface area contributed by atoms with Gasteiger partial charge in [0.05, 0.1) is 17.3 Å². The van der Waals surface area contributed by atoms with Crippen LogP contribution in [0.2, 0.25) is 0 Å². The lowest BCUT2D eigenvalue weighted by atomic mass is 10.2. The van der Waals surface area contributed by atoms with Gasteiger partial charge in [0, 0.05) is 20.1 Å². The summed E-state index contributed by atoms with van der Waals surface area (Å²) in [6, 6.07) is 3.34.